The van der Waals surface area contributed by atoms with E-state index in [4.69, 9.17) is 25.8 Å². The Bertz CT molecular complexity index is 1530. The highest BCUT2D eigenvalue weighted by atomic mass is 35.5. The van der Waals surface area contributed by atoms with Gasteiger partial charge in [0.15, 0.2) is 0 Å². The number of aromatic nitrogens is 3. The summed E-state index contributed by atoms with van der Waals surface area (Å²) in [6.07, 6.45) is 6.75. The van der Waals surface area contributed by atoms with Crippen LogP contribution in [0, 0.1) is 0 Å². The van der Waals surface area contributed by atoms with Crippen molar-refractivity contribution in [1.82, 2.24) is 19.9 Å². The summed E-state index contributed by atoms with van der Waals surface area (Å²) in [6.45, 7) is 7.03. The summed E-state index contributed by atoms with van der Waals surface area (Å²) in [6, 6.07) is 14.6. The third kappa shape index (κ3) is 7.52. The first-order valence-corrected chi connectivity index (χ1v) is 14.1. The zero-order chi connectivity index (χ0) is 29.3. The van der Waals surface area contributed by atoms with Gasteiger partial charge in [0.25, 0.3) is 0 Å². The average molecular weight is 589 g/mol. The molecule has 0 unspecified atom stereocenters. The molecule has 2 aromatic carbocycles. The van der Waals surface area contributed by atoms with E-state index in [1.165, 1.54) is 12.4 Å². The molecule has 0 bridgehead atoms. The molecule has 3 heterocycles. The van der Waals surface area contributed by atoms with Crippen LogP contribution in [0.5, 0.6) is 11.5 Å². The molecule has 2 N–H and O–H groups in total. The maximum absolute atomic E-state index is 12.3. The number of anilines is 3. The molecule has 218 valence electrons. The largest absolute Gasteiger partial charge is 0.490 e. The van der Waals surface area contributed by atoms with Crippen molar-refractivity contribution in [3.8, 4) is 11.5 Å². The standard InChI is InChI=1S/C31H33ClN6O4/c1-3-30(39)37-27-17-24-26(18-29(27)41-15-14-38-12-9-23(40-2)10-13-38)34-20-35-31(24)36-21-7-8-28(25(32)16-21)42-19-22-6-4-5-11-33-22/h3-8,11,16-18,20,23H,1,9-10,12-15,19H2,2H3,(H,37,39)(H,34,35,36). The van der Waals surface area contributed by atoms with E-state index in [-0.39, 0.29) is 5.91 Å². The van der Waals surface area contributed by atoms with Gasteiger partial charge in [0.1, 0.15) is 36.9 Å². The Hall–Kier alpha value is -4.25. The Morgan fingerprint density at radius 2 is 1.95 bits per heavy atom. The van der Waals surface area contributed by atoms with E-state index < -0.39 is 0 Å². The number of carbonyl (C=O) groups excluding carboxylic acids is 1. The third-order valence-electron chi connectivity index (χ3n) is 7.01. The van der Waals surface area contributed by atoms with Crippen LogP contribution in [-0.2, 0) is 16.1 Å². The molecule has 2 aromatic heterocycles. The number of amides is 1. The van der Waals surface area contributed by atoms with Crippen LogP contribution in [0.1, 0.15) is 18.5 Å². The van der Waals surface area contributed by atoms with Crippen molar-refractivity contribution in [2.24, 2.45) is 0 Å². The van der Waals surface area contributed by atoms with Crippen molar-refractivity contribution < 1.29 is 19.0 Å². The van der Waals surface area contributed by atoms with E-state index in [0.29, 0.717) is 63.9 Å². The second kappa shape index (κ2) is 14.1. The van der Waals surface area contributed by atoms with Gasteiger partial charge in [0.05, 0.1) is 28.0 Å². The van der Waals surface area contributed by atoms with Crippen LogP contribution < -0.4 is 20.1 Å². The van der Waals surface area contributed by atoms with Crippen molar-refractivity contribution in [2.75, 3.05) is 44.0 Å². The maximum atomic E-state index is 12.3. The summed E-state index contributed by atoms with van der Waals surface area (Å²) in [5.41, 5.74) is 2.66. The maximum Gasteiger partial charge on any atom is 0.247 e. The first-order valence-electron chi connectivity index (χ1n) is 13.7. The summed E-state index contributed by atoms with van der Waals surface area (Å²) < 4.78 is 17.4. The SMILES string of the molecule is C=CC(=O)Nc1cc2c(Nc3ccc(OCc4ccccn4)c(Cl)c3)ncnc2cc1OCCN1CCC(OC)CC1. The fraction of sp³-hybridized carbons (Fsp3) is 0.290. The lowest BCUT2D eigenvalue weighted by Gasteiger charge is -2.31. The van der Waals surface area contributed by atoms with Crippen LogP contribution >= 0.6 is 11.6 Å². The number of methoxy groups -OCH3 is 1. The molecule has 5 rings (SSSR count). The first kappa shape index (κ1) is 29.2. The minimum absolute atomic E-state index is 0.305. The predicted molar refractivity (Wildman–Crippen MR) is 164 cm³/mol. The van der Waals surface area contributed by atoms with Crippen LogP contribution in [0.3, 0.4) is 0 Å². The number of fused-ring (bicyclic) bond motifs is 1. The molecule has 1 amide bonds. The molecule has 11 heteroatoms. The topological polar surface area (TPSA) is 111 Å². The van der Waals surface area contributed by atoms with E-state index in [1.54, 1.807) is 37.6 Å². The van der Waals surface area contributed by atoms with E-state index in [1.807, 2.05) is 24.3 Å². The molecule has 1 aliphatic rings. The van der Waals surface area contributed by atoms with Crippen molar-refractivity contribution in [2.45, 2.75) is 25.6 Å². The van der Waals surface area contributed by atoms with Gasteiger partial charge in [-0.3, -0.25) is 14.7 Å². The van der Waals surface area contributed by atoms with Gasteiger partial charge in [0.2, 0.25) is 5.91 Å². The Kier molecular flexibility index (Phi) is 9.81. The van der Waals surface area contributed by atoms with Gasteiger partial charge in [0, 0.05) is 50.1 Å². The first-order chi connectivity index (χ1) is 20.5. The molecule has 0 aliphatic carbocycles. The van der Waals surface area contributed by atoms with Gasteiger partial charge in [-0.2, -0.15) is 0 Å². The lowest BCUT2D eigenvalue weighted by molar-refractivity contribution is -0.111. The number of nitrogens with one attached hydrogen (secondary N) is 2. The number of rotatable bonds is 12. The zero-order valence-electron chi connectivity index (χ0n) is 23.4. The molecule has 0 spiro atoms. The number of hydrogen-bond donors (Lipinski definition) is 2. The fourth-order valence-corrected chi connectivity index (χ4v) is 4.94. The summed E-state index contributed by atoms with van der Waals surface area (Å²) in [5.74, 6) is 1.26. The molecule has 1 fully saturated rings. The quantitative estimate of drug-likeness (QED) is 0.204. The molecule has 1 saturated heterocycles. The summed E-state index contributed by atoms with van der Waals surface area (Å²) in [7, 11) is 1.76. The molecular formula is C31H33ClN6O4. The number of carbonyl (C=O) groups is 1. The Balaban J connectivity index is 1.31. The molecule has 0 atom stereocenters. The number of hydrogen-bond acceptors (Lipinski definition) is 9. The van der Waals surface area contributed by atoms with Crippen LogP contribution in [-0.4, -0.2) is 65.2 Å². The third-order valence-corrected chi connectivity index (χ3v) is 7.30. The van der Waals surface area contributed by atoms with E-state index in [2.05, 4.69) is 37.1 Å². The highest BCUT2D eigenvalue weighted by molar-refractivity contribution is 6.32. The highest BCUT2D eigenvalue weighted by Crippen LogP contribution is 2.35. The molecular weight excluding hydrogens is 556 g/mol. The number of benzene rings is 2. The van der Waals surface area contributed by atoms with Gasteiger partial charge in [-0.05, 0) is 55.3 Å². The van der Waals surface area contributed by atoms with Crippen LogP contribution in [0.25, 0.3) is 10.9 Å². The number of ether oxygens (including phenoxy) is 3. The zero-order valence-corrected chi connectivity index (χ0v) is 24.1. The molecule has 10 nitrogen and oxygen atoms in total. The predicted octanol–water partition coefficient (Wildman–Crippen LogP) is 5.61. The number of pyridine rings is 1. The van der Waals surface area contributed by atoms with E-state index in [0.717, 1.165) is 38.2 Å². The van der Waals surface area contributed by atoms with Crippen LogP contribution in [0.15, 0.2) is 73.7 Å². The van der Waals surface area contributed by atoms with Crippen molar-refractivity contribution in [1.29, 1.82) is 0 Å². The van der Waals surface area contributed by atoms with Gasteiger partial charge < -0.3 is 24.8 Å². The molecule has 4 aromatic rings. The lowest BCUT2D eigenvalue weighted by atomic mass is 10.1. The number of nitrogens with zero attached hydrogens (tertiary/aromatic N) is 4. The Morgan fingerprint density at radius 1 is 1.10 bits per heavy atom. The molecule has 0 saturated carbocycles. The number of piperidine rings is 1. The second-order valence-corrected chi connectivity index (χ2v) is 10.2. The molecule has 42 heavy (non-hydrogen) atoms. The average Bonchev–Trinajstić information content (AvgIpc) is 3.02. The molecule has 1 aliphatic heterocycles. The minimum atomic E-state index is -0.347. The van der Waals surface area contributed by atoms with E-state index >= 15 is 0 Å². The Labute approximate surface area is 249 Å². The van der Waals surface area contributed by atoms with E-state index in [9.17, 15) is 4.79 Å². The van der Waals surface area contributed by atoms with Crippen molar-refractivity contribution in [3.63, 3.8) is 0 Å². The van der Waals surface area contributed by atoms with Gasteiger partial charge in [-0.1, -0.05) is 24.2 Å². The number of likely N-dealkylation sites (tertiary alicyclic amines) is 1. The summed E-state index contributed by atoms with van der Waals surface area (Å²) >= 11 is 6.52. The van der Waals surface area contributed by atoms with Gasteiger partial charge >= 0.3 is 0 Å². The normalized spacial score (nSPS) is 14.0. The monoisotopic (exact) mass is 588 g/mol. The van der Waals surface area contributed by atoms with Gasteiger partial charge in [-0.15, -0.1) is 0 Å². The van der Waals surface area contributed by atoms with Crippen LogP contribution in [0.4, 0.5) is 17.2 Å². The number of halogens is 1. The smallest absolute Gasteiger partial charge is 0.247 e. The molecule has 0 radical (unpaired) electrons. The van der Waals surface area contributed by atoms with Gasteiger partial charge in [-0.25, -0.2) is 9.97 Å². The Morgan fingerprint density at radius 3 is 2.69 bits per heavy atom. The van der Waals surface area contributed by atoms with Crippen molar-refractivity contribution in [3.05, 3.63) is 84.4 Å². The fourth-order valence-electron chi connectivity index (χ4n) is 4.71. The summed E-state index contributed by atoms with van der Waals surface area (Å²) in [5, 5.41) is 7.29. The summed E-state index contributed by atoms with van der Waals surface area (Å²) in [4.78, 5) is 27.8. The van der Waals surface area contributed by atoms with Crippen molar-refractivity contribution >= 4 is 45.6 Å². The van der Waals surface area contributed by atoms with Crippen LogP contribution in [0.2, 0.25) is 5.02 Å². The lowest BCUT2D eigenvalue weighted by Crippen LogP contribution is -2.38. The minimum Gasteiger partial charge on any atom is -0.490 e. The highest BCUT2D eigenvalue weighted by Gasteiger charge is 2.19. The second-order valence-electron chi connectivity index (χ2n) is 9.79.